The molecule has 0 aliphatic carbocycles. The molecule has 3 heterocycles. The Morgan fingerprint density at radius 2 is 1.79 bits per heavy atom. The quantitative estimate of drug-likeness (QED) is 0.488. The Kier molecular flexibility index (Phi) is 4.53. The Balaban J connectivity index is 1.44. The third kappa shape index (κ3) is 3.50. The molecule has 4 aromatic rings. The maximum Gasteiger partial charge on any atom is 0.163 e. The van der Waals surface area contributed by atoms with E-state index >= 15 is 0 Å². The van der Waals surface area contributed by atoms with Crippen molar-refractivity contribution in [2.24, 2.45) is 0 Å². The van der Waals surface area contributed by atoms with Crippen LogP contribution in [0, 0.1) is 0 Å². The molecule has 7 nitrogen and oxygen atoms in total. The molecule has 3 N–H and O–H groups in total. The van der Waals surface area contributed by atoms with Gasteiger partial charge in [0.1, 0.15) is 30.3 Å². The Morgan fingerprint density at radius 3 is 2.72 bits per heavy atom. The Bertz CT molecular complexity index is 1200. The summed E-state index contributed by atoms with van der Waals surface area (Å²) in [4.78, 5) is 14.1. The first kappa shape index (κ1) is 17.6. The lowest BCUT2D eigenvalue weighted by Crippen LogP contribution is -2.15. The maximum atomic E-state index is 6.38. The molecule has 1 aliphatic rings. The summed E-state index contributed by atoms with van der Waals surface area (Å²) < 4.78 is 11.2. The Hall–Kier alpha value is -3.52. The van der Waals surface area contributed by atoms with Crippen molar-refractivity contribution in [2.45, 2.75) is 9.92 Å². The first-order valence-corrected chi connectivity index (χ1v) is 9.88. The van der Waals surface area contributed by atoms with Crippen molar-refractivity contribution >= 4 is 39.9 Å². The number of fused-ring (bicyclic) bond motifs is 2. The minimum absolute atomic E-state index is 0.473. The van der Waals surface area contributed by atoms with Gasteiger partial charge in [0.2, 0.25) is 0 Å². The highest BCUT2D eigenvalue weighted by Crippen LogP contribution is 2.38. The van der Waals surface area contributed by atoms with Gasteiger partial charge in [0.25, 0.3) is 0 Å². The van der Waals surface area contributed by atoms with E-state index in [-0.39, 0.29) is 0 Å². The number of hydrogen-bond donors (Lipinski definition) is 2. The van der Waals surface area contributed by atoms with E-state index in [9.17, 15) is 0 Å². The molecule has 0 fully saturated rings. The van der Waals surface area contributed by atoms with Crippen molar-refractivity contribution < 1.29 is 9.47 Å². The van der Waals surface area contributed by atoms with Crippen LogP contribution >= 0.6 is 11.8 Å². The summed E-state index contributed by atoms with van der Waals surface area (Å²) in [6.45, 7) is 1.09. The van der Waals surface area contributed by atoms with Gasteiger partial charge in [-0.05, 0) is 24.3 Å². The molecule has 8 heteroatoms. The Labute approximate surface area is 171 Å². The molecule has 2 aromatic heterocycles. The van der Waals surface area contributed by atoms with Crippen LogP contribution in [0.1, 0.15) is 0 Å². The van der Waals surface area contributed by atoms with Crippen molar-refractivity contribution in [1.82, 2.24) is 15.0 Å². The standard InChI is InChI=1S/C21H17N5O2S/c22-18-20(26-14-6-7-15-16(11-14)28-10-9-27-15)24-12-25-21(18)29-17-5-1-3-13-4-2-8-23-19(13)17/h1-8,11-12H,9-10,22H2,(H,24,25,26). The number of aromatic nitrogens is 3. The number of hydrogen-bond acceptors (Lipinski definition) is 8. The molecule has 0 spiro atoms. The van der Waals surface area contributed by atoms with Crippen LogP contribution < -0.4 is 20.5 Å². The lowest BCUT2D eigenvalue weighted by atomic mass is 10.2. The lowest BCUT2D eigenvalue weighted by Gasteiger charge is -2.19. The van der Waals surface area contributed by atoms with E-state index in [4.69, 9.17) is 15.2 Å². The first-order chi connectivity index (χ1) is 14.3. The first-order valence-electron chi connectivity index (χ1n) is 9.07. The third-order valence-electron chi connectivity index (χ3n) is 4.45. The molecular formula is C21H17N5O2S. The van der Waals surface area contributed by atoms with Gasteiger partial charge >= 0.3 is 0 Å². The van der Waals surface area contributed by atoms with Crippen LogP contribution in [0.2, 0.25) is 0 Å². The van der Waals surface area contributed by atoms with Gasteiger partial charge in [-0.15, -0.1) is 0 Å². The number of benzene rings is 2. The fourth-order valence-electron chi connectivity index (χ4n) is 3.08. The molecule has 2 aromatic carbocycles. The van der Waals surface area contributed by atoms with Crippen LogP contribution in [0.4, 0.5) is 17.2 Å². The summed E-state index contributed by atoms with van der Waals surface area (Å²) in [5, 5.41) is 4.98. The largest absolute Gasteiger partial charge is 0.486 e. The van der Waals surface area contributed by atoms with Crippen molar-refractivity contribution in [2.75, 3.05) is 24.3 Å². The number of anilines is 3. The zero-order valence-corrected chi connectivity index (χ0v) is 16.1. The Morgan fingerprint density at radius 1 is 0.931 bits per heavy atom. The molecule has 0 bridgehead atoms. The number of nitrogens with zero attached hydrogens (tertiary/aromatic N) is 3. The van der Waals surface area contributed by atoms with Gasteiger partial charge in [0, 0.05) is 28.2 Å². The van der Waals surface area contributed by atoms with Crippen molar-refractivity contribution in [3.05, 3.63) is 61.1 Å². The molecule has 0 saturated carbocycles. The number of nitrogens with one attached hydrogen (secondary N) is 1. The highest BCUT2D eigenvalue weighted by atomic mass is 32.2. The number of nitrogen functional groups attached to an aromatic ring is 1. The fraction of sp³-hybridized carbons (Fsp3) is 0.0952. The zero-order chi connectivity index (χ0) is 19.6. The van der Waals surface area contributed by atoms with Gasteiger partial charge in [-0.1, -0.05) is 30.0 Å². The maximum absolute atomic E-state index is 6.38. The highest BCUT2D eigenvalue weighted by molar-refractivity contribution is 7.99. The minimum Gasteiger partial charge on any atom is -0.486 e. The van der Waals surface area contributed by atoms with Gasteiger partial charge in [0.15, 0.2) is 17.3 Å². The summed E-state index contributed by atoms with van der Waals surface area (Å²) in [6, 6.07) is 15.6. The number of para-hydroxylation sites is 1. The molecule has 0 unspecified atom stereocenters. The van der Waals surface area contributed by atoms with E-state index in [1.165, 1.54) is 18.1 Å². The topological polar surface area (TPSA) is 95.2 Å². The van der Waals surface area contributed by atoms with Gasteiger partial charge in [-0.2, -0.15) is 0 Å². The van der Waals surface area contributed by atoms with Crippen LogP contribution in [-0.2, 0) is 0 Å². The van der Waals surface area contributed by atoms with Gasteiger partial charge in [-0.3, -0.25) is 4.98 Å². The molecule has 0 atom stereocenters. The number of pyridine rings is 1. The third-order valence-corrected chi connectivity index (χ3v) is 5.52. The minimum atomic E-state index is 0.473. The summed E-state index contributed by atoms with van der Waals surface area (Å²) in [5.74, 6) is 1.97. The number of rotatable bonds is 4. The summed E-state index contributed by atoms with van der Waals surface area (Å²) in [7, 11) is 0. The van der Waals surface area contributed by atoms with E-state index in [1.807, 2.05) is 48.5 Å². The second kappa shape index (κ2) is 7.48. The monoisotopic (exact) mass is 403 g/mol. The highest BCUT2D eigenvalue weighted by Gasteiger charge is 2.15. The zero-order valence-electron chi connectivity index (χ0n) is 15.3. The van der Waals surface area contributed by atoms with Crippen molar-refractivity contribution in [1.29, 1.82) is 0 Å². The normalized spacial score (nSPS) is 12.7. The summed E-state index contributed by atoms with van der Waals surface area (Å²) >= 11 is 1.47. The molecule has 5 rings (SSSR count). The van der Waals surface area contributed by atoms with E-state index in [1.54, 1.807) is 6.20 Å². The second-order valence-electron chi connectivity index (χ2n) is 6.36. The van der Waals surface area contributed by atoms with Crippen LogP contribution in [0.25, 0.3) is 10.9 Å². The molecule has 29 heavy (non-hydrogen) atoms. The van der Waals surface area contributed by atoms with Crippen molar-refractivity contribution in [3.63, 3.8) is 0 Å². The predicted molar refractivity (Wildman–Crippen MR) is 113 cm³/mol. The number of nitrogens with two attached hydrogens (primary N) is 1. The van der Waals surface area contributed by atoms with Gasteiger partial charge in [-0.25, -0.2) is 9.97 Å². The second-order valence-corrected chi connectivity index (χ2v) is 7.39. The van der Waals surface area contributed by atoms with Gasteiger partial charge < -0.3 is 20.5 Å². The van der Waals surface area contributed by atoms with E-state index < -0.39 is 0 Å². The SMILES string of the molecule is Nc1c(Nc2ccc3c(c2)OCCO3)ncnc1Sc1cccc2cccnc12. The fourth-order valence-corrected chi connectivity index (χ4v) is 4.01. The van der Waals surface area contributed by atoms with E-state index in [0.717, 1.165) is 27.2 Å². The predicted octanol–water partition coefficient (Wildman–Crippen LogP) is 4.27. The molecule has 0 saturated heterocycles. The molecule has 0 amide bonds. The van der Waals surface area contributed by atoms with Gasteiger partial charge in [0.05, 0.1) is 5.52 Å². The average molecular weight is 403 g/mol. The van der Waals surface area contributed by atoms with Crippen molar-refractivity contribution in [3.8, 4) is 11.5 Å². The molecular weight excluding hydrogens is 386 g/mol. The summed E-state index contributed by atoms with van der Waals surface area (Å²) in [5.41, 5.74) is 8.57. The molecule has 144 valence electrons. The van der Waals surface area contributed by atoms with Crippen LogP contribution in [-0.4, -0.2) is 28.2 Å². The van der Waals surface area contributed by atoms with Crippen LogP contribution in [0.5, 0.6) is 11.5 Å². The summed E-state index contributed by atoms with van der Waals surface area (Å²) in [6.07, 6.45) is 3.28. The smallest absolute Gasteiger partial charge is 0.163 e. The van der Waals surface area contributed by atoms with Crippen LogP contribution in [0.15, 0.2) is 71.0 Å². The van der Waals surface area contributed by atoms with Crippen LogP contribution in [0.3, 0.4) is 0 Å². The molecule has 0 radical (unpaired) electrons. The lowest BCUT2D eigenvalue weighted by molar-refractivity contribution is 0.171. The average Bonchev–Trinajstić information content (AvgIpc) is 2.77. The number of ether oxygens (including phenoxy) is 2. The van der Waals surface area contributed by atoms with E-state index in [2.05, 4.69) is 20.3 Å². The van der Waals surface area contributed by atoms with E-state index in [0.29, 0.717) is 35.5 Å². The molecule has 1 aliphatic heterocycles.